The second-order valence-electron chi connectivity index (χ2n) is 11.6. The Labute approximate surface area is 285 Å². The lowest BCUT2D eigenvalue weighted by atomic mass is 9.82. The van der Waals surface area contributed by atoms with Crippen molar-refractivity contribution < 1.29 is 4.74 Å². The highest BCUT2D eigenvalue weighted by molar-refractivity contribution is 6.11. The summed E-state index contributed by atoms with van der Waals surface area (Å²) in [5.74, 6) is 13.8. The summed E-state index contributed by atoms with van der Waals surface area (Å²) < 4.78 is 6.65. The van der Waals surface area contributed by atoms with E-state index >= 15 is 0 Å². The molecular weight excluding hydrogens is 602 g/mol. The van der Waals surface area contributed by atoms with Gasteiger partial charge in [0, 0.05) is 35.5 Å². The first-order chi connectivity index (χ1) is 23.4. The molecular formula is C37H53N9O2. The number of aryl methyl sites for hydroxylation is 3. The predicted molar refractivity (Wildman–Crippen MR) is 195 cm³/mol. The van der Waals surface area contributed by atoms with Crippen LogP contribution in [0.4, 0.5) is 0 Å². The first kappa shape index (κ1) is 37.8. The molecule has 0 aromatic carbocycles. The van der Waals surface area contributed by atoms with Crippen LogP contribution in [0, 0.1) is 5.92 Å². The Morgan fingerprint density at radius 2 is 1.83 bits per heavy atom. The summed E-state index contributed by atoms with van der Waals surface area (Å²) in [5.41, 5.74) is 8.48. The summed E-state index contributed by atoms with van der Waals surface area (Å²) in [6.07, 6.45) is 21.7. The van der Waals surface area contributed by atoms with Crippen molar-refractivity contribution in [3.8, 4) is 11.7 Å². The Morgan fingerprint density at radius 3 is 2.40 bits per heavy atom. The molecule has 5 N–H and O–H groups in total. The molecule has 3 aromatic heterocycles. The molecule has 1 saturated carbocycles. The van der Waals surface area contributed by atoms with Crippen LogP contribution in [0.5, 0.6) is 5.75 Å². The van der Waals surface area contributed by atoms with Crippen molar-refractivity contribution in [2.75, 3.05) is 7.11 Å². The number of hydrazone groups is 1. The van der Waals surface area contributed by atoms with Crippen LogP contribution in [0.1, 0.15) is 102 Å². The predicted octanol–water partition coefficient (Wildman–Crippen LogP) is 6.17. The lowest BCUT2D eigenvalue weighted by Gasteiger charge is -2.25. The third-order valence-corrected chi connectivity index (χ3v) is 8.36. The number of methoxy groups -OCH3 is 1. The van der Waals surface area contributed by atoms with Crippen molar-refractivity contribution in [2.24, 2.45) is 22.7 Å². The monoisotopic (exact) mass is 655 g/mol. The Balaban J connectivity index is 0.000000251. The highest BCUT2D eigenvalue weighted by atomic mass is 16.5. The molecule has 258 valence electrons. The number of amidine groups is 1. The fourth-order valence-electron chi connectivity index (χ4n) is 5.28. The Hall–Kier alpha value is -4.64. The van der Waals surface area contributed by atoms with Gasteiger partial charge < -0.3 is 16.0 Å². The number of rotatable bonds is 11. The quantitative estimate of drug-likeness (QED) is 0.0950. The summed E-state index contributed by atoms with van der Waals surface area (Å²) in [7, 11) is 1.57. The third-order valence-electron chi connectivity index (χ3n) is 8.36. The van der Waals surface area contributed by atoms with Gasteiger partial charge in [0.1, 0.15) is 5.82 Å². The number of nitrogens with one attached hydrogen (secondary N) is 1. The molecule has 11 nitrogen and oxygen atoms in total. The highest BCUT2D eigenvalue weighted by Crippen LogP contribution is 2.30. The normalized spacial score (nSPS) is 14.5. The average Bonchev–Trinajstić information content (AvgIpc) is 3.30. The minimum absolute atomic E-state index is 0.102. The number of nitrogens with zero attached hydrogens (tertiary/aromatic N) is 6. The van der Waals surface area contributed by atoms with E-state index in [4.69, 9.17) is 21.4 Å². The number of pyridine rings is 1. The number of hydrogen-bond acceptors (Lipinski definition) is 9. The van der Waals surface area contributed by atoms with Gasteiger partial charge in [-0.25, -0.2) is 25.4 Å². The fraction of sp³-hybridized carbons (Fsp3) is 0.459. The standard InChI is InChI=1S/C19H26N4O2.C16H21N5.C2H6/c1-3-4-8-15-11-18(24)23(19-20-12-16(25-2)13-21-19)17(22-15)10-9-14-6-5-7-14;1-3-12-6-9-15(19-10-12)13-7-4-11(2)5-8-14(13)16(20-17)21-18;1-2/h11-14H,3-10H2,1-2H3;5-10H,3-4,17-18H2,1-2H3,(H,20,21);1-2H3. The van der Waals surface area contributed by atoms with Crippen molar-refractivity contribution >= 4 is 11.4 Å². The zero-order valence-corrected chi connectivity index (χ0v) is 29.5. The molecule has 0 aliphatic heterocycles. The SMILES string of the molecule is CC.CCCCc1cc(=O)n(-c2ncc(OC)cn2)c(CCC2CCC2)n1.CCc1ccc(C2=CCC(C)=CC=C2/C(=N/N)NN)nc1. The van der Waals surface area contributed by atoms with Gasteiger partial charge in [0.2, 0.25) is 5.95 Å². The van der Waals surface area contributed by atoms with Crippen molar-refractivity contribution in [3.05, 3.63) is 99.3 Å². The molecule has 48 heavy (non-hydrogen) atoms. The van der Waals surface area contributed by atoms with E-state index in [1.165, 1.54) is 30.4 Å². The van der Waals surface area contributed by atoms with E-state index in [1.54, 1.807) is 30.1 Å². The second kappa shape index (κ2) is 19.9. The molecule has 5 rings (SSSR count). The molecule has 3 aromatic rings. The molecule has 0 bridgehead atoms. The van der Waals surface area contributed by atoms with Gasteiger partial charge in [-0.05, 0) is 56.6 Å². The van der Waals surface area contributed by atoms with Crippen LogP contribution in [0.25, 0.3) is 11.5 Å². The van der Waals surface area contributed by atoms with E-state index < -0.39 is 0 Å². The number of ether oxygens (including phenoxy) is 1. The van der Waals surface area contributed by atoms with E-state index in [9.17, 15) is 4.79 Å². The molecule has 2 aliphatic rings. The van der Waals surface area contributed by atoms with Crippen molar-refractivity contribution in [1.29, 1.82) is 0 Å². The number of hydrazine groups is 1. The molecule has 2 aliphatic carbocycles. The third kappa shape index (κ3) is 10.4. The summed E-state index contributed by atoms with van der Waals surface area (Å²) in [5, 5.41) is 3.72. The van der Waals surface area contributed by atoms with Crippen LogP contribution in [0.15, 0.2) is 76.1 Å². The molecule has 0 saturated heterocycles. The Bertz CT molecular complexity index is 1620. The molecule has 0 radical (unpaired) electrons. The summed E-state index contributed by atoms with van der Waals surface area (Å²) in [4.78, 5) is 30.6. The molecule has 0 atom stereocenters. The van der Waals surface area contributed by atoms with E-state index in [-0.39, 0.29) is 5.56 Å². The zero-order valence-electron chi connectivity index (χ0n) is 29.5. The molecule has 11 heteroatoms. The number of allylic oxidation sites excluding steroid dienone is 4. The largest absolute Gasteiger partial charge is 0.494 e. The number of hydrogen-bond donors (Lipinski definition) is 3. The molecule has 0 amide bonds. The fourth-order valence-corrected chi connectivity index (χ4v) is 5.28. The minimum Gasteiger partial charge on any atom is -0.494 e. The number of unbranched alkanes of at least 4 members (excludes halogenated alkanes) is 1. The number of aromatic nitrogens is 5. The van der Waals surface area contributed by atoms with E-state index in [2.05, 4.69) is 58.4 Å². The highest BCUT2D eigenvalue weighted by Gasteiger charge is 2.20. The van der Waals surface area contributed by atoms with Crippen LogP contribution in [-0.4, -0.2) is 37.4 Å². The maximum absolute atomic E-state index is 12.7. The van der Waals surface area contributed by atoms with Gasteiger partial charge in [0.25, 0.3) is 5.56 Å². The van der Waals surface area contributed by atoms with E-state index in [0.29, 0.717) is 17.5 Å². The van der Waals surface area contributed by atoms with Gasteiger partial charge in [-0.3, -0.25) is 9.78 Å². The average molecular weight is 656 g/mol. The number of nitrogens with two attached hydrogens (primary N) is 2. The van der Waals surface area contributed by atoms with Gasteiger partial charge in [-0.1, -0.05) is 83.2 Å². The van der Waals surface area contributed by atoms with Crippen LogP contribution in [0.2, 0.25) is 0 Å². The van der Waals surface area contributed by atoms with Crippen LogP contribution >= 0.6 is 0 Å². The summed E-state index contributed by atoms with van der Waals surface area (Å²) >= 11 is 0. The molecule has 0 spiro atoms. The van der Waals surface area contributed by atoms with E-state index in [1.807, 2.05) is 38.3 Å². The Kier molecular flexibility index (Phi) is 15.7. The minimum atomic E-state index is -0.102. The van der Waals surface area contributed by atoms with E-state index in [0.717, 1.165) is 79.2 Å². The summed E-state index contributed by atoms with van der Waals surface area (Å²) in [6, 6.07) is 5.72. The van der Waals surface area contributed by atoms with Crippen LogP contribution in [-0.2, 0) is 19.3 Å². The van der Waals surface area contributed by atoms with Gasteiger partial charge in [-0.15, -0.1) is 0 Å². The topological polar surface area (TPSA) is 159 Å². The van der Waals surface area contributed by atoms with Gasteiger partial charge in [-0.2, -0.15) is 5.10 Å². The zero-order chi connectivity index (χ0) is 34.9. The summed E-state index contributed by atoms with van der Waals surface area (Å²) in [6.45, 7) is 10.3. The molecule has 0 unspecified atom stereocenters. The second-order valence-corrected chi connectivity index (χ2v) is 11.6. The molecule has 3 heterocycles. The van der Waals surface area contributed by atoms with Crippen molar-refractivity contribution in [1.82, 2.24) is 29.9 Å². The van der Waals surface area contributed by atoms with Crippen molar-refractivity contribution in [2.45, 2.75) is 98.8 Å². The smallest absolute Gasteiger partial charge is 0.260 e. The maximum atomic E-state index is 12.7. The van der Waals surface area contributed by atoms with Gasteiger partial charge in [0.05, 0.1) is 25.2 Å². The lowest BCUT2D eigenvalue weighted by Crippen LogP contribution is -2.33. The maximum Gasteiger partial charge on any atom is 0.260 e. The van der Waals surface area contributed by atoms with Crippen molar-refractivity contribution in [3.63, 3.8) is 0 Å². The first-order valence-corrected chi connectivity index (χ1v) is 17.2. The molecule has 1 fully saturated rings. The van der Waals surface area contributed by atoms with Gasteiger partial charge >= 0.3 is 0 Å². The lowest BCUT2D eigenvalue weighted by molar-refractivity contribution is 0.293. The van der Waals surface area contributed by atoms with Gasteiger partial charge in [0.15, 0.2) is 11.6 Å². The Morgan fingerprint density at radius 1 is 1.08 bits per heavy atom. The van der Waals surface area contributed by atoms with Crippen LogP contribution < -0.4 is 27.4 Å². The van der Waals surface area contributed by atoms with Crippen LogP contribution in [0.3, 0.4) is 0 Å². The first-order valence-electron chi connectivity index (χ1n) is 17.2.